The van der Waals surface area contributed by atoms with Crippen molar-refractivity contribution in [3.8, 4) is 0 Å². The fourth-order valence-electron chi connectivity index (χ4n) is 0.692. The Bertz CT molecular complexity index is 330. The summed E-state index contributed by atoms with van der Waals surface area (Å²) in [5.74, 6) is -0.821. The zero-order chi connectivity index (χ0) is 11.1. The van der Waals surface area contributed by atoms with Gasteiger partial charge < -0.3 is 15.6 Å². The highest BCUT2D eigenvalue weighted by Crippen LogP contribution is 2.08. The van der Waals surface area contributed by atoms with Crippen LogP contribution in [0.5, 0.6) is 0 Å². The highest BCUT2D eigenvalue weighted by molar-refractivity contribution is 5.93. The molecular formula is C10H13NO3. The molecule has 4 nitrogen and oxygen atoms in total. The number of carboxylic acids is 1. The highest BCUT2D eigenvalue weighted by Gasteiger charge is 2.03. The van der Waals surface area contributed by atoms with Gasteiger partial charge in [-0.2, -0.15) is 0 Å². The van der Waals surface area contributed by atoms with E-state index in [1.165, 1.54) is 19.9 Å². The van der Waals surface area contributed by atoms with Crippen LogP contribution in [0, 0.1) is 0 Å². The van der Waals surface area contributed by atoms with Gasteiger partial charge in [0.2, 0.25) is 0 Å². The van der Waals surface area contributed by atoms with Crippen LogP contribution < -0.4 is 5.73 Å². The second-order valence-electron chi connectivity index (χ2n) is 2.80. The van der Waals surface area contributed by atoms with Crippen LogP contribution in [-0.4, -0.2) is 16.9 Å². The molecule has 0 aliphatic carbocycles. The van der Waals surface area contributed by atoms with E-state index in [2.05, 4.69) is 0 Å². The van der Waals surface area contributed by atoms with E-state index in [4.69, 9.17) is 10.8 Å². The normalized spacial score (nSPS) is 8.43. The summed E-state index contributed by atoms with van der Waals surface area (Å²) in [5, 5.41) is 8.49. The number of benzene rings is 1. The van der Waals surface area contributed by atoms with Gasteiger partial charge in [0.15, 0.2) is 0 Å². The smallest absolute Gasteiger partial charge is 0.337 e. The van der Waals surface area contributed by atoms with Crippen LogP contribution in [0.4, 0.5) is 5.69 Å². The Labute approximate surface area is 82.4 Å². The molecule has 0 radical (unpaired) electrons. The van der Waals surface area contributed by atoms with Gasteiger partial charge >= 0.3 is 5.97 Å². The number of nitrogen functional groups attached to an aromatic ring is 1. The number of hydrogen-bond acceptors (Lipinski definition) is 3. The monoisotopic (exact) mass is 195 g/mol. The second kappa shape index (κ2) is 5.75. The minimum atomic E-state index is -0.988. The maximum atomic E-state index is 10.3. The van der Waals surface area contributed by atoms with Gasteiger partial charge in [-0.3, -0.25) is 0 Å². The summed E-state index contributed by atoms with van der Waals surface area (Å²) >= 11 is 0. The fourth-order valence-corrected chi connectivity index (χ4v) is 0.692. The molecule has 0 amide bonds. The molecule has 0 fully saturated rings. The largest absolute Gasteiger partial charge is 0.478 e. The summed E-state index contributed by atoms with van der Waals surface area (Å²) in [6.07, 6.45) is 0. The highest BCUT2D eigenvalue weighted by atomic mass is 16.4. The van der Waals surface area contributed by atoms with Crippen LogP contribution in [0.3, 0.4) is 0 Å². The molecule has 14 heavy (non-hydrogen) atoms. The summed E-state index contributed by atoms with van der Waals surface area (Å²) in [6, 6.07) is 6.36. The Morgan fingerprint density at radius 3 is 1.93 bits per heavy atom. The predicted octanol–water partition coefficient (Wildman–Crippen LogP) is 1.56. The first-order valence-electron chi connectivity index (χ1n) is 4.00. The number of hydrogen-bond donors (Lipinski definition) is 2. The van der Waals surface area contributed by atoms with Crippen LogP contribution in [-0.2, 0) is 4.79 Å². The average Bonchev–Trinajstić information content (AvgIpc) is 2.03. The maximum Gasteiger partial charge on any atom is 0.337 e. The fraction of sp³-hybridized carbons (Fsp3) is 0.200. The van der Waals surface area contributed by atoms with Gasteiger partial charge in [0.1, 0.15) is 5.78 Å². The lowest BCUT2D eigenvalue weighted by atomic mass is 10.2. The molecule has 1 aromatic carbocycles. The molecule has 0 bridgehead atoms. The van der Waals surface area contributed by atoms with Gasteiger partial charge in [-0.15, -0.1) is 0 Å². The molecule has 0 saturated heterocycles. The van der Waals surface area contributed by atoms with E-state index in [0.717, 1.165) is 0 Å². The number of anilines is 1. The van der Waals surface area contributed by atoms with E-state index in [0.29, 0.717) is 5.69 Å². The van der Waals surface area contributed by atoms with Crippen LogP contribution >= 0.6 is 0 Å². The number of rotatable bonds is 1. The van der Waals surface area contributed by atoms with Crippen molar-refractivity contribution in [2.45, 2.75) is 13.8 Å². The zero-order valence-corrected chi connectivity index (χ0v) is 8.15. The summed E-state index contributed by atoms with van der Waals surface area (Å²) in [7, 11) is 0. The first-order chi connectivity index (χ1) is 6.45. The number of Topliss-reactive ketones (excluding diaryl/α,β-unsaturated/α-hetero) is 1. The molecule has 0 spiro atoms. The number of aromatic carboxylic acids is 1. The Hall–Kier alpha value is -1.84. The van der Waals surface area contributed by atoms with Gasteiger partial charge in [-0.25, -0.2) is 4.79 Å². The SMILES string of the molecule is CC(C)=O.Nc1ccccc1C(=O)O. The summed E-state index contributed by atoms with van der Waals surface area (Å²) in [5.41, 5.74) is 5.80. The lowest BCUT2D eigenvalue weighted by molar-refractivity contribution is -0.114. The van der Waals surface area contributed by atoms with Crippen molar-refractivity contribution in [3.63, 3.8) is 0 Å². The van der Waals surface area contributed by atoms with E-state index < -0.39 is 5.97 Å². The van der Waals surface area contributed by atoms with E-state index in [1.54, 1.807) is 18.2 Å². The summed E-state index contributed by atoms with van der Waals surface area (Å²) < 4.78 is 0. The summed E-state index contributed by atoms with van der Waals surface area (Å²) in [4.78, 5) is 19.8. The maximum absolute atomic E-state index is 10.3. The molecule has 0 aromatic heterocycles. The van der Waals surface area contributed by atoms with Gasteiger partial charge in [0.25, 0.3) is 0 Å². The molecule has 0 saturated carbocycles. The Kier molecular flexibility index (Phi) is 4.99. The first kappa shape index (κ1) is 12.2. The van der Waals surface area contributed by atoms with Crippen molar-refractivity contribution in [1.82, 2.24) is 0 Å². The van der Waals surface area contributed by atoms with Gasteiger partial charge in [-0.05, 0) is 26.0 Å². The lowest BCUT2D eigenvalue weighted by Crippen LogP contribution is -2.00. The van der Waals surface area contributed by atoms with E-state index in [1.807, 2.05) is 0 Å². The lowest BCUT2D eigenvalue weighted by Gasteiger charge is -1.96. The van der Waals surface area contributed by atoms with Crippen molar-refractivity contribution < 1.29 is 14.7 Å². The van der Waals surface area contributed by atoms with Crippen molar-refractivity contribution in [2.75, 3.05) is 5.73 Å². The molecule has 4 heteroatoms. The van der Waals surface area contributed by atoms with Crippen LogP contribution in [0.2, 0.25) is 0 Å². The molecule has 76 valence electrons. The van der Waals surface area contributed by atoms with Crippen molar-refractivity contribution in [3.05, 3.63) is 29.8 Å². The van der Waals surface area contributed by atoms with Crippen molar-refractivity contribution >= 4 is 17.4 Å². The quantitative estimate of drug-likeness (QED) is 0.666. The molecule has 1 rings (SSSR count). The Morgan fingerprint density at radius 2 is 1.64 bits per heavy atom. The van der Waals surface area contributed by atoms with Gasteiger partial charge in [0, 0.05) is 5.69 Å². The molecule has 3 N–H and O–H groups in total. The zero-order valence-electron chi connectivity index (χ0n) is 8.15. The van der Waals surface area contributed by atoms with Gasteiger partial charge in [-0.1, -0.05) is 12.1 Å². The molecule has 1 aromatic rings. The minimum absolute atomic E-state index is 0.155. The third-order valence-corrected chi connectivity index (χ3v) is 1.19. The van der Waals surface area contributed by atoms with Crippen LogP contribution in [0.1, 0.15) is 24.2 Å². The van der Waals surface area contributed by atoms with E-state index in [9.17, 15) is 9.59 Å². The minimum Gasteiger partial charge on any atom is -0.478 e. The average molecular weight is 195 g/mol. The molecule has 0 aliphatic heterocycles. The third kappa shape index (κ3) is 4.92. The molecule has 0 aliphatic rings. The number of carbonyl (C=O) groups is 2. The second-order valence-corrected chi connectivity index (χ2v) is 2.80. The first-order valence-corrected chi connectivity index (χ1v) is 4.00. The van der Waals surface area contributed by atoms with Crippen molar-refractivity contribution in [2.24, 2.45) is 0 Å². The number of ketones is 1. The van der Waals surface area contributed by atoms with E-state index in [-0.39, 0.29) is 11.3 Å². The number of carbonyl (C=O) groups excluding carboxylic acids is 1. The van der Waals surface area contributed by atoms with E-state index >= 15 is 0 Å². The van der Waals surface area contributed by atoms with Crippen molar-refractivity contribution in [1.29, 1.82) is 0 Å². The summed E-state index contributed by atoms with van der Waals surface area (Å²) in [6.45, 7) is 3.06. The Morgan fingerprint density at radius 1 is 1.21 bits per heavy atom. The number of nitrogens with two attached hydrogens (primary N) is 1. The molecule has 0 heterocycles. The molecule has 0 unspecified atom stereocenters. The number of para-hydroxylation sites is 1. The predicted molar refractivity (Wildman–Crippen MR) is 54.2 cm³/mol. The van der Waals surface area contributed by atoms with Gasteiger partial charge in [0.05, 0.1) is 5.56 Å². The molecule has 0 atom stereocenters. The van der Waals surface area contributed by atoms with Crippen LogP contribution in [0.15, 0.2) is 24.3 Å². The number of carboxylic acid groups (broad SMARTS) is 1. The topological polar surface area (TPSA) is 80.4 Å². The molecular weight excluding hydrogens is 182 g/mol. The van der Waals surface area contributed by atoms with Crippen LogP contribution in [0.25, 0.3) is 0 Å². The Balaban J connectivity index is 0.000000364. The third-order valence-electron chi connectivity index (χ3n) is 1.19. The standard InChI is InChI=1S/C7H7NO2.C3H6O/c8-6-4-2-1-3-5(6)7(9)10;1-3(2)4/h1-4H,8H2,(H,9,10);1-2H3.